The standard InChI is InChI=1S/C24H17F5N4O/c1-13-2-3-15(11-19(13)14-4-9-20-16(10-14)12-31-22(30)33-20)21(34)32-18-7-5-17(6-8-18)23(25,26)24(27,28)29/h2-12H,1H3,(H,32,34)(H2,30,31,33). The second-order valence-corrected chi connectivity index (χ2v) is 7.64. The molecule has 1 amide bonds. The molecule has 4 aromatic rings. The molecule has 1 heterocycles. The van der Waals surface area contributed by atoms with E-state index in [0.29, 0.717) is 17.6 Å². The first-order valence-electron chi connectivity index (χ1n) is 9.95. The molecule has 0 bridgehead atoms. The lowest BCUT2D eigenvalue weighted by Gasteiger charge is -2.20. The van der Waals surface area contributed by atoms with Gasteiger partial charge in [0.05, 0.1) is 5.52 Å². The molecule has 1 aromatic heterocycles. The molecule has 0 atom stereocenters. The second kappa shape index (κ2) is 8.36. The molecule has 0 aliphatic rings. The Morgan fingerprint density at radius 1 is 0.941 bits per heavy atom. The Balaban J connectivity index is 1.58. The van der Waals surface area contributed by atoms with Crippen molar-refractivity contribution in [3.8, 4) is 11.1 Å². The van der Waals surface area contributed by atoms with Gasteiger partial charge < -0.3 is 11.1 Å². The van der Waals surface area contributed by atoms with Gasteiger partial charge in [0.25, 0.3) is 5.91 Å². The Bertz CT molecular complexity index is 1380. The molecule has 174 valence electrons. The topological polar surface area (TPSA) is 80.9 Å². The molecular weight excluding hydrogens is 455 g/mol. The van der Waals surface area contributed by atoms with Crippen molar-refractivity contribution in [1.29, 1.82) is 0 Å². The third-order valence-corrected chi connectivity index (χ3v) is 5.27. The summed E-state index contributed by atoms with van der Waals surface area (Å²) in [6.07, 6.45) is -4.11. The minimum absolute atomic E-state index is 0.0780. The van der Waals surface area contributed by atoms with E-state index in [9.17, 15) is 26.7 Å². The Hall–Kier alpha value is -4.08. The van der Waals surface area contributed by atoms with Gasteiger partial charge in [-0.3, -0.25) is 4.79 Å². The van der Waals surface area contributed by atoms with E-state index in [0.717, 1.165) is 34.2 Å². The number of aryl methyl sites for hydroxylation is 1. The first-order valence-corrected chi connectivity index (χ1v) is 9.95. The van der Waals surface area contributed by atoms with Crippen molar-refractivity contribution in [3.05, 3.63) is 83.6 Å². The summed E-state index contributed by atoms with van der Waals surface area (Å²) in [4.78, 5) is 20.9. The molecule has 0 aliphatic carbocycles. The molecule has 0 fully saturated rings. The van der Waals surface area contributed by atoms with Crippen molar-refractivity contribution in [2.24, 2.45) is 0 Å². The van der Waals surface area contributed by atoms with Gasteiger partial charge in [0.15, 0.2) is 0 Å². The number of nitrogens with zero attached hydrogens (tertiary/aromatic N) is 2. The van der Waals surface area contributed by atoms with E-state index in [1.807, 2.05) is 19.1 Å². The van der Waals surface area contributed by atoms with Crippen molar-refractivity contribution >= 4 is 28.4 Å². The highest BCUT2D eigenvalue weighted by atomic mass is 19.4. The zero-order valence-corrected chi connectivity index (χ0v) is 17.6. The highest BCUT2D eigenvalue weighted by Gasteiger charge is 2.58. The van der Waals surface area contributed by atoms with E-state index in [4.69, 9.17) is 5.73 Å². The number of carbonyl (C=O) groups is 1. The molecule has 0 aliphatic heterocycles. The number of fused-ring (bicyclic) bond motifs is 1. The van der Waals surface area contributed by atoms with Crippen LogP contribution < -0.4 is 11.1 Å². The van der Waals surface area contributed by atoms with Crippen molar-refractivity contribution in [2.75, 3.05) is 11.1 Å². The molecule has 0 unspecified atom stereocenters. The highest BCUT2D eigenvalue weighted by Crippen LogP contribution is 2.44. The summed E-state index contributed by atoms with van der Waals surface area (Å²) < 4.78 is 64.5. The normalized spacial score (nSPS) is 12.1. The SMILES string of the molecule is Cc1ccc(C(=O)Nc2ccc(C(F)(F)C(F)(F)F)cc2)cc1-c1ccc2nc(N)ncc2c1. The summed E-state index contributed by atoms with van der Waals surface area (Å²) in [5.74, 6) is -5.38. The lowest BCUT2D eigenvalue weighted by Crippen LogP contribution is -2.33. The lowest BCUT2D eigenvalue weighted by atomic mass is 9.97. The largest absolute Gasteiger partial charge is 0.458 e. The van der Waals surface area contributed by atoms with Gasteiger partial charge >= 0.3 is 12.1 Å². The number of hydrogen-bond acceptors (Lipinski definition) is 4. The summed E-state index contributed by atoms with van der Waals surface area (Å²) in [5, 5.41) is 3.27. The van der Waals surface area contributed by atoms with Crippen LogP contribution in [0.5, 0.6) is 0 Å². The lowest BCUT2D eigenvalue weighted by molar-refractivity contribution is -0.289. The van der Waals surface area contributed by atoms with Crippen LogP contribution in [-0.2, 0) is 5.92 Å². The first-order chi connectivity index (χ1) is 16.0. The van der Waals surface area contributed by atoms with Crippen LogP contribution in [0.15, 0.2) is 66.9 Å². The van der Waals surface area contributed by atoms with Gasteiger partial charge in [0.1, 0.15) is 0 Å². The Kier molecular flexibility index (Phi) is 5.68. The summed E-state index contributed by atoms with van der Waals surface area (Å²) in [6, 6.07) is 13.7. The molecular formula is C24H17F5N4O. The van der Waals surface area contributed by atoms with E-state index in [2.05, 4.69) is 15.3 Å². The summed E-state index contributed by atoms with van der Waals surface area (Å²) in [5.41, 5.74) is 7.90. The van der Waals surface area contributed by atoms with Gasteiger partial charge in [0, 0.05) is 28.4 Å². The predicted molar refractivity (Wildman–Crippen MR) is 118 cm³/mol. The quantitative estimate of drug-likeness (QED) is 0.352. The number of halogens is 5. The molecule has 0 saturated carbocycles. The van der Waals surface area contributed by atoms with Crippen molar-refractivity contribution in [1.82, 2.24) is 9.97 Å². The third-order valence-electron chi connectivity index (χ3n) is 5.27. The second-order valence-electron chi connectivity index (χ2n) is 7.64. The summed E-state index contributed by atoms with van der Waals surface area (Å²) in [7, 11) is 0. The van der Waals surface area contributed by atoms with Gasteiger partial charge in [0.2, 0.25) is 5.95 Å². The number of alkyl halides is 5. The smallest absolute Gasteiger partial charge is 0.368 e. The van der Waals surface area contributed by atoms with Gasteiger partial charge in [-0.05, 0) is 60.0 Å². The molecule has 34 heavy (non-hydrogen) atoms. The van der Waals surface area contributed by atoms with Crippen LogP contribution in [0.25, 0.3) is 22.0 Å². The molecule has 0 radical (unpaired) electrons. The number of aromatic nitrogens is 2. The average Bonchev–Trinajstić information content (AvgIpc) is 2.78. The zero-order valence-electron chi connectivity index (χ0n) is 17.6. The highest BCUT2D eigenvalue weighted by molar-refractivity contribution is 6.05. The van der Waals surface area contributed by atoms with Gasteiger partial charge in [-0.1, -0.05) is 24.3 Å². The van der Waals surface area contributed by atoms with E-state index in [1.165, 1.54) is 0 Å². The maximum atomic E-state index is 13.5. The first kappa shape index (κ1) is 23.1. The molecule has 5 nitrogen and oxygen atoms in total. The Morgan fingerprint density at radius 2 is 1.65 bits per heavy atom. The number of nitrogens with two attached hydrogens (primary N) is 1. The zero-order chi connectivity index (χ0) is 24.7. The van der Waals surface area contributed by atoms with E-state index < -0.39 is 23.6 Å². The maximum Gasteiger partial charge on any atom is 0.458 e. The third kappa shape index (κ3) is 4.39. The van der Waals surface area contributed by atoms with Gasteiger partial charge in [-0.2, -0.15) is 22.0 Å². The van der Waals surface area contributed by atoms with E-state index in [-0.39, 0.29) is 17.2 Å². The van der Waals surface area contributed by atoms with Crippen LogP contribution in [0.4, 0.5) is 33.6 Å². The molecule has 3 aromatic carbocycles. The number of anilines is 2. The Morgan fingerprint density at radius 3 is 2.32 bits per heavy atom. The van der Waals surface area contributed by atoms with E-state index >= 15 is 0 Å². The van der Waals surface area contributed by atoms with Crippen LogP contribution in [-0.4, -0.2) is 22.1 Å². The van der Waals surface area contributed by atoms with Crippen LogP contribution in [0.3, 0.4) is 0 Å². The predicted octanol–water partition coefficient (Wildman–Crippen LogP) is 6.09. The number of carbonyl (C=O) groups excluding carboxylic acids is 1. The average molecular weight is 472 g/mol. The van der Waals surface area contributed by atoms with Crippen LogP contribution in [0.2, 0.25) is 0 Å². The fraction of sp³-hybridized carbons (Fsp3) is 0.125. The fourth-order valence-electron chi connectivity index (χ4n) is 3.42. The van der Waals surface area contributed by atoms with Crippen molar-refractivity contribution in [2.45, 2.75) is 19.0 Å². The Labute approximate surface area is 190 Å². The minimum atomic E-state index is -5.71. The molecule has 4 rings (SSSR count). The van der Waals surface area contributed by atoms with Crippen molar-refractivity contribution in [3.63, 3.8) is 0 Å². The van der Waals surface area contributed by atoms with E-state index in [1.54, 1.807) is 30.5 Å². The number of hydrogen-bond donors (Lipinski definition) is 2. The number of rotatable bonds is 4. The fourth-order valence-corrected chi connectivity index (χ4v) is 3.42. The number of nitrogen functional groups attached to an aromatic ring is 1. The number of benzene rings is 3. The van der Waals surface area contributed by atoms with Crippen LogP contribution in [0, 0.1) is 6.92 Å². The monoisotopic (exact) mass is 472 g/mol. The molecule has 10 heteroatoms. The number of nitrogens with one attached hydrogen (secondary N) is 1. The molecule has 3 N–H and O–H groups in total. The van der Waals surface area contributed by atoms with Crippen LogP contribution >= 0.6 is 0 Å². The summed E-state index contributed by atoms with van der Waals surface area (Å²) in [6.45, 7) is 1.88. The number of amides is 1. The molecule has 0 saturated heterocycles. The minimum Gasteiger partial charge on any atom is -0.368 e. The van der Waals surface area contributed by atoms with Crippen LogP contribution in [0.1, 0.15) is 21.5 Å². The maximum absolute atomic E-state index is 13.5. The summed E-state index contributed by atoms with van der Waals surface area (Å²) >= 11 is 0. The molecule has 0 spiro atoms. The van der Waals surface area contributed by atoms with Crippen molar-refractivity contribution < 1.29 is 26.7 Å². The van der Waals surface area contributed by atoms with Gasteiger partial charge in [-0.15, -0.1) is 0 Å². The van der Waals surface area contributed by atoms with Gasteiger partial charge in [-0.25, -0.2) is 9.97 Å².